The lowest BCUT2D eigenvalue weighted by Crippen LogP contribution is -2.25. The van der Waals surface area contributed by atoms with E-state index < -0.39 is 5.60 Å². The van der Waals surface area contributed by atoms with Crippen LogP contribution in [0.25, 0.3) is 0 Å². The van der Waals surface area contributed by atoms with Crippen LogP contribution in [0.4, 0.5) is 5.00 Å². The summed E-state index contributed by atoms with van der Waals surface area (Å²) in [6.45, 7) is 8.76. The van der Waals surface area contributed by atoms with Crippen LogP contribution < -0.4 is 5.73 Å². The van der Waals surface area contributed by atoms with Crippen molar-refractivity contribution in [3.63, 3.8) is 0 Å². The summed E-state index contributed by atoms with van der Waals surface area (Å²) in [7, 11) is 0. The molecule has 0 fully saturated rings. The Morgan fingerprint density at radius 3 is 2.78 bits per heavy atom. The van der Waals surface area contributed by atoms with Gasteiger partial charge in [0.1, 0.15) is 10.6 Å². The minimum atomic E-state index is -0.507. The number of ether oxygens (including phenoxy) is 2. The van der Waals surface area contributed by atoms with Crippen LogP contribution in [0.15, 0.2) is 0 Å². The topological polar surface area (TPSA) is 61.5 Å². The van der Waals surface area contributed by atoms with Crippen LogP contribution in [-0.2, 0) is 16.1 Å². The molecule has 0 amide bonds. The summed E-state index contributed by atoms with van der Waals surface area (Å²) < 4.78 is 10.9. The summed E-state index contributed by atoms with van der Waals surface area (Å²) >= 11 is 1.43. The van der Waals surface area contributed by atoms with Gasteiger partial charge < -0.3 is 15.2 Å². The van der Waals surface area contributed by atoms with Crippen molar-refractivity contribution in [1.82, 2.24) is 0 Å². The van der Waals surface area contributed by atoms with Gasteiger partial charge in [0.05, 0.1) is 18.8 Å². The second kappa shape index (κ2) is 4.55. The zero-order valence-electron chi connectivity index (χ0n) is 11.2. The minimum absolute atomic E-state index is 0.185. The van der Waals surface area contributed by atoms with Gasteiger partial charge >= 0.3 is 5.97 Å². The van der Waals surface area contributed by atoms with Crippen LogP contribution >= 0.6 is 11.3 Å². The molecular weight excluding hydrogens is 250 g/mol. The maximum Gasteiger partial charge on any atom is 0.341 e. The summed E-state index contributed by atoms with van der Waals surface area (Å²) in [6.07, 6.45) is 0. The Balaban J connectivity index is 2.39. The molecule has 0 aliphatic carbocycles. The lowest BCUT2D eigenvalue weighted by Gasteiger charge is -2.23. The van der Waals surface area contributed by atoms with E-state index in [9.17, 15) is 4.79 Å². The van der Waals surface area contributed by atoms with Crippen LogP contribution in [0.1, 0.15) is 54.4 Å². The van der Waals surface area contributed by atoms with Gasteiger partial charge in [-0.15, -0.1) is 11.3 Å². The first-order valence-corrected chi connectivity index (χ1v) is 6.83. The number of nitrogens with two attached hydrogens (primary N) is 1. The highest BCUT2D eigenvalue weighted by atomic mass is 32.1. The molecule has 0 aromatic carbocycles. The first kappa shape index (κ1) is 13.4. The monoisotopic (exact) mass is 269 g/mol. The molecule has 2 rings (SSSR count). The molecular formula is C13H19NO3S. The molecule has 1 unspecified atom stereocenters. The number of nitrogen functional groups attached to an aromatic ring is 1. The zero-order chi connectivity index (χ0) is 13.5. The van der Waals surface area contributed by atoms with E-state index in [1.807, 2.05) is 27.7 Å². The van der Waals surface area contributed by atoms with Crippen molar-refractivity contribution >= 4 is 22.3 Å². The number of esters is 1. The molecule has 0 bridgehead atoms. The zero-order valence-corrected chi connectivity index (χ0v) is 12.0. The number of hydrogen-bond donors (Lipinski definition) is 1. The van der Waals surface area contributed by atoms with Gasteiger partial charge in [-0.05, 0) is 26.3 Å². The largest absolute Gasteiger partial charge is 0.456 e. The molecule has 0 spiro atoms. The van der Waals surface area contributed by atoms with Gasteiger partial charge in [0.2, 0.25) is 0 Å². The third-order valence-electron chi connectivity index (χ3n) is 2.75. The lowest BCUT2D eigenvalue weighted by molar-refractivity contribution is 0.00673. The summed E-state index contributed by atoms with van der Waals surface area (Å²) in [6, 6.07) is 0. The maximum atomic E-state index is 12.2. The molecule has 4 nitrogen and oxygen atoms in total. The molecule has 2 heterocycles. The molecule has 18 heavy (non-hydrogen) atoms. The van der Waals surface area contributed by atoms with Crippen LogP contribution in [0.5, 0.6) is 0 Å². The quantitative estimate of drug-likeness (QED) is 0.796. The highest BCUT2D eigenvalue weighted by Crippen LogP contribution is 2.40. The smallest absolute Gasteiger partial charge is 0.341 e. The van der Waals surface area contributed by atoms with Crippen molar-refractivity contribution < 1.29 is 14.3 Å². The van der Waals surface area contributed by atoms with E-state index in [-0.39, 0.29) is 11.9 Å². The van der Waals surface area contributed by atoms with Crippen molar-refractivity contribution in [2.45, 2.75) is 45.8 Å². The van der Waals surface area contributed by atoms with Crippen molar-refractivity contribution in [2.75, 3.05) is 12.3 Å². The third-order valence-corrected chi connectivity index (χ3v) is 3.75. The highest BCUT2D eigenvalue weighted by Gasteiger charge is 2.31. The lowest BCUT2D eigenvalue weighted by atomic mass is 9.96. The standard InChI is InChI=1S/C13H19NO3S/c1-7-5-16-6-8-9(7)10(11(14)18-8)12(15)17-13(2,3)4/h7H,5-6,14H2,1-4H3. The Bertz CT molecular complexity index is 473. The summed E-state index contributed by atoms with van der Waals surface area (Å²) in [5.74, 6) is -0.143. The second-order valence-electron chi connectivity index (χ2n) is 5.60. The Morgan fingerprint density at radius 1 is 1.50 bits per heavy atom. The fraction of sp³-hybridized carbons (Fsp3) is 0.615. The van der Waals surface area contributed by atoms with E-state index in [4.69, 9.17) is 15.2 Å². The van der Waals surface area contributed by atoms with Crippen molar-refractivity contribution in [1.29, 1.82) is 0 Å². The molecule has 100 valence electrons. The van der Waals surface area contributed by atoms with Crippen molar-refractivity contribution in [3.8, 4) is 0 Å². The molecule has 0 saturated carbocycles. The summed E-state index contributed by atoms with van der Waals surface area (Å²) in [4.78, 5) is 13.3. The molecule has 1 atom stereocenters. The number of carbonyl (C=O) groups excluding carboxylic acids is 1. The van der Waals surface area contributed by atoms with E-state index in [0.717, 1.165) is 10.4 Å². The second-order valence-corrected chi connectivity index (χ2v) is 6.73. The van der Waals surface area contributed by atoms with Crippen LogP contribution in [0.2, 0.25) is 0 Å². The van der Waals surface area contributed by atoms with Crippen LogP contribution in [0.3, 0.4) is 0 Å². The number of rotatable bonds is 1. The third kappa shape index (κ3) is 2.52. The Hall–Kier alpha value is -1.07. The number of hydrogen-bond acceptors (Lipinski definition) is 5. The number of anilines is 1. The Morgan fingerprint density at radius 2 is 2.17 bits per heavy atom. The average molecular weight is 269 g/mol. The maximum absolute atomic E-state index is 12.2. The average Bonchev–Trinajstić information content (AvgIpc) is 2.53. The normalized spacial score (nSPS) is 19.4. The van der Waals surface area contributed by atoms with E-state index in [1.54, 1.807) is 0 Å². The molecule has 0 saturated heterocycles. The predicted molar refractivity (Wildman–Crippen MR) is 72.0 cm³/mol. The van der Waals surface area contributed by atoms with Crippen molar-refractivity contribution in [2.24, 2.45) is 0 Å². The van der Waals surface area contributed by atoms with Gasteiger partial charge in [0.15, 0.2) is 0 Å². The van der Waals surface area contributed by atoms with Crippen LogP contribution in [-0.4, -0.2) is 18.2 Å². The molecule has 1 aromatic heterocycles. The highest BCUT2D eigenvalue weighted by molar-refractivity contribution is 7.16. The number of thiophene rings is 1. The predicted octanol–water partition coefficient (Wildman–Crippen LogP) is 2.92. The van der Waals surface area contributed by atoms with Gasteiger partial charge in [-0.25, -0.2) is 4.79 Å². The SMILES string of the molecule is CC1COCc2sc(N)c(C(=O)OC(C)(C)C)c21. The first-order chi connectivity index (χ1) is 8.29. The van der Waals surface area contributed by atoms with Crippen molar-refractivity contribution in [3.05, 3.63) is 16.0 Å². The van der Waals surface area contributed by atoms with Gasteiger partial charge in [0.25, 0.3) is 0 Å². The van der Waals surface area contributed by atoms with Gasteiger partial charge in [-0.3, -0.25) is 0 Å². The van der Waals surface area contributed by atoms with Gasteiger partial charge in [-0.1, -0.05) is 6.92 Å². The Labute approximate surface area is 111 Å². The summed E-state index contributed by atoms with van der Waals surface area (Å²) in [5, 5.41) is 0.534. The number of carbonyl (C=O) groups is 1. The summed E-state index contributed by atoms with van der Waals surface area (Å²) in [5.41, 5.74) is 7.01. The van der Waals surface area contributed by atoms with E-state index in [0.29, 0.717) is 23.8 Å². The molecule has 2 N–H and O–H groups in total. The van der Waals surface area contributed by atoms with E-state index in [1.165, 1.54) is 11.3 Å². The fourth-order valence-corrected chi connectivity index (χ4v) is 3.21. The van der Waals surface area contributed by atoms with Crippen LogP contribution in [0, 0.1) is 0 Å². The minimum Gasteiger partial charge on any atom is -0.456 e. The van der Waals surface area contributed by atoms with E-state index >= 15 is 0 Å². The fourth-order valence-electron chi connectivity index (χ4n) is 2.09. The van der Waals surface area contributed by atoms with Gasteiger partial charge in [0, 0.05) is 10.8 Å². The molecule has 1 aliphatic rings. The van der Waals surface area contributed by atoms with E-state index in [2.05, 4.69) is 0 Å². The first-order valence-electron chi connectivity index (χ1n) is 6.01. The molecule has 1 aromatic rings. The van der Waals surface area contributed by atoms with Gasteiger partial charge in [-0.2, -0.15) is 0 Å². The number of fused-ring (bicyclic) bond motifs is 1. The molecule has 1 aliphatic heterocycles. The molecule has 0 radical (unpaired) electrons. The Kier molecular flexibility index (Phi) is 3.38. The molecule has 5 heteroatoms.